The third-order valence-corrected chi connectivity index (χ3v) is 6.00. The number of anilines is 2. The maximum atomic E-state index is 12.5. The number of benzene rings is 1. The minimum Gasteiger partial charge on any atom is -0.383 e. The van der Waals surface area contributed by atoms with Gasteiger partial charge in [0.15, 0.2) is 0 Å². The van der Waals surface area contributed by atoms with Gasteiger partial charge in [0.1, 0.15) is 5.82 Å². The van der Waals surface area contributed by atoms with Crippen LogP contribution in [0.4, 0.5) is 11.5 Å². The Morgan fingerprint density at radius 1 is 1.11 bits per heavy atom. The number of aryl methyl sites for hydroxylation is 2. The van der Waals surface area contributed by atoms with Crippen LogP contribution in [0.25, 0.3) is 0 Å². The van der Waals surface area contributed by atoms with E-state index in [1.54, 1.807) is 30.5 Å². The molecule has 1 saturated heterocycles. The first-order valence-electron chi connectivity index (χ1n) is 9.04. The third kappa shape index (κ3) is 5.41. The zero-order valence-corrected chi connectivity index (χ0v) is 16.6. The van der Waals surface area contributed by atoms with Gasteiger partial charge in [-0.15, -0.1) is 0 Å². The molecule has 2 N–H and O–H groups in total. The molecule has 0 unspecified atom stereocenters. The maximum absolute atomic E-state index is 12.5. The summed E-state index contributed by atoms with van der Waals surface area (Å²) in [5.41, 5.74) is 2.85. The van der Waals surface area contributed by atoms with Crippen LogP contribution in [0.3, 0.4) is 0 Å². The minimum atomic E-state index is -3.65. The van der Waals surface area contributed by atoms with E-state index in [4.69, 9.17) is 4.74 Å². The highest BCUT2D eigenvalue weighted by Gasteiger charge is 2.15. The molecule has 2 heterocycles. The molecular formula is C19H26N4O3S. The second-order valence-electron chi connectivity index (χ2n) is 6.66. The molecule has 1 aliphatic heterocycles. The fourth-order valence-electron chi connectivity index (χ4n) is 2.82. The van der Waals surface area contributed by atoms with Crippen LogP contribution in [0.2, 0.25) is 0 Å². The van der Waals surface area contributed by atoms with Gasteiger partial charge in [-0.25, -0.2) is 13.4 Å². The topological polar surface area (TPSA) is 83.6 Å². The Morgan fingerprint density at radius 3 is 2.56 bits per heavy atom. The zero-order chi connectivity index (χ0) is 19.3. The van der Waals surface area contributed by atoms with E-state index in [1.165, 1.54) is 0 Å². The molecule has 0 saturated carbocycles. The van der Waals surface area contributed by atoms with Crippen LogP contribution < -0.4 is 10.0 Å². The molecule has 0 radical (unpaired) electrons. The molecule has 27 heavy (non-hydrogen) atoms. The van der Waals surface area contributed by atoms with Crippen molar-refractivity contribution in [2.24, 2.45) is 0 Å². The van der Waals surface area contributed by atoms with Crippen molar-refractivity contribution in [3.8, 4) is 0 Å². The van der Waals surface area contributed by atoms with Gasteiger partial charge in [0.05, 0.1) is 30.0 Å². The van der Waals surface area contributed by atoms with Crippen molar-refractivity contribution in [3.63, 3.8) is 0 Å². The van der Waals surface area contributed by atoms with Gasteiger partial charge in [0, 0.05) is 26.2 Å². The molecule has 3 rings (SSSR count). The van der Waals surface area contributed by atoms with Crippen molar-refractivity contribution >= 4 is 21.5 Å². The van der Waals surface area contributed by atoms with Crippen LogP contribution in [0.1, 0.15) is 11.1 Å². The quantitative estimate of drug-likeness (QED) is 0.754. The summed E-state index contributed by atoms with van der Waals surface area (Å²) in [7, 11) is -3.65. The summed E-state index contributed by atoms with van der Waals surface area (Å²) >= 11 is 0. The molecule has 1 aliphatic rings. The van der Waals surface area contributed by atoms with Crippen LogP contribution in [-0.2, 0) is 14.8 Å². The van der Waals surface area contributed by atoms with Crippen molar-refractivity contribution in [2.45, 2.75) is 18.7 Å². The average molecular weight is 391 g/mol. The van der Waals surface area contributed by atoms with Gasteiger partial charge in [-0.05, 0) is 49.2 Å². The van der Waals surface area contributed by atoms with Gasteiger partial charge in [-0.2, -0.15) is 0 Å². The second kappa shape index (κ2) is 8.69. The largest absolute Gasteiger partial charge is 0.383 e. The SMILES string of the molecule is Cc1ccc(S(=O)(=O)Nc2ccc(NCCN3CCOCC3)cn2)cc1C. The maximum Gasteiger partial charge on any atom is 0.263 e. The van der Waals surface area contributed by atoms with Crippen LogP contribution in [-0.4, -0.2) is 57.7 Å². The lowest BCUT2D eigenvalue weighted by molar-refractivity contribution is 0.0398. The molecule has 0 aliphatic carbocycles. The number of hydrogen-bond acceptors (Lipinski definition) is 6. The second-order valence-corrected chi connectivity index (χ2v) is 8.35. The van der Waals surface area contributed by atoms with Crippen molar-refractivity contribution in [2.75, 3.05) is 49.4 Å². The fraction of sp³-hybridized carbons (Fsp3) is 0.421. The average Bonchev–Trinajstić information content (AvgIpc) is 2.66. The fourth-order valence-corrected chi connectivity index (χ4v) is 3.91. The Labute approximate surface area is 160 Å². The summed E-state index contributed by atoms with van der Waals surface area (Å²) in [6, 6.07) is 8.56. The van der Waals surface area contributed by atoms with E-state index in [-0.39, 0.29) is 4.90 Å². The molecule has 0 spiro atoms. The molecule has 1 fully saturated rings. The summed E-state index contributed by atoms with van der Waals surface area (Å²) < 4.78 is 32.9. The molecular weight excluding hydrogens is 364 g/mol. The van der Waals surface area contributed by atoms with Gasteiger partial charge in [0.2, 0.25) is 0 Å². The molecule has 8 heteroatoms. The smallest absolute Gasteiger partial charge is 0.263 e. The lowest BCUT2D eigenvalue weighted by Gasteiger charge is -2.26. The normalized spacial score (nSPS) is 15.5. The molecule has 0 atom stereocenters. The Morgan fingerprint density at radius 2 is 1.89 bits per heavy atom. The Kier molecular flexibility index (Phi) is 6.30. The zero-order valence-electron chi connectivity index (χ0n) is 15.7. The highest BCUT2D eigenvalue weighted by Crippen LogP contribution is 2.18. The Hall–Kier alpha value is -2.16. The molecule has 0 bridgehead atoms. The summed E-state index contributed by atoms with van der Waals surface area (Å²) in [5, 5.41) is 3.31. The lowest BCUT2D eigenvalue weighted by Crippen LogP contribution is -2.39. The van der Waals surface area contributed by atoms with Crippen molar-refractivity contribution in [3.05, 3.63) is 47.7 Å². The Balaban J connectivity index is 1.55. The third-order valence-electron chi connectivity index (χ3n) is 4.65. The predicted molar refractivity (Wildman–Crippen MR) is 107 cm³/mol. The monoisotopic (exact) mass is 390 g/mol. The van der Waals surface area contributed by atoms with Gasteiger partial charge in [0.25, 0.3) is 10.0 Å². The van der Waals surface area contributed by atoms with Crippen molar-refractivity contribution in [1.29, 1.82) is 0 Å². The number of nitrogens with zero attached hydrogens (tertiary/aromatic N) is 2. The number of nitrogens with one attached hydrogen (secondary N) is 2. The van der Waals surface area contributed by atoms with Crippen LogP contribution >= 0.6 is 0 Å². The summed E-state index contributed by atoms with van der Waals surface area (Å²) in [5.74, 6) is 0.298. The predicted octanol–water partition coefficient (Wildman–Crippen LogP) is 2.24. The summed E-state index contributed by atoms with van der Waals surface area (Å²) in [6.07, 6.45) is 1.64. The van der Waals surface area contributed by atoms with Crippen molar-refractivity contribution in [1.82, 2.24) is 9.88 Å². The van der Waals surface area contributed by atoms with Crippen LogP contribution in [0.15, 0.2) is 41.4 Å². The van der Waals surface area contributed by atoms with Gasteiger partial charge < -0.3 is 10.1 Å². The van der Waals surface area contributed by atoms with Crippen molar-refractivity contribution < 1.29 is 13.2 Å². The number of ether oxygens (including phenoxy) is 1. The molecule has 146 valence electrons. The van der Waals surface area contributed by atoms with Crippen LogP contribution in [0.5, 0.6) is 0 Å². The van der Waals surface area contributed by atoms with E-state index < -0.39 is 10.0 Å². The first-order chi connectivity index (χ1) is 12.9. The van der Waals surface area contributed by atoms with E-state index in [2.05, 4.69) is 19.9 Å². The van der Waals surface area contributed by atoms with Gasteiger partial charge in [-0.3, -0.25) is 9.62 Å². The number of morpholine rings is 1. The van der Waals surface area contributed by atoms with Gasteiger partial charge in [-0.1, -0.05) is 6.07 Å². The molecule has 0 amide bonds. The summed E-state index contributed by atoms with van der Waals surface area (Å²) in [6.45, 7) is 9.07. The minimum absolute atomic E-state index is 0.236. The number of rotatable bonds is 7. The standard InChI is InChI=1S/C19H26N4O3S/c1-15-3-5-18(13-16(15)2)27(24,25)22-19-6-4-17(14-21-19)20-7-8-23-9-11-26-12-10-23/h3-6,13-14,20H,7-12H2,1-2H3,(H,21,22). The molecule has 7 nitrogen and oxygen atoms in total. The number of pyridine rings is 1. The van der Waals surface area contributed by atoms with E-state index in [1.807, 2.05) is 19.9 Å². The first kappa shape index (κ1) is 19.6. The highest BCUT2D eigenvalue weighted by molar-refractivity contribution is 7.92. The molecule has 2 aromatic rings. The lowest BCUT2D eigenvalue weighted by atomic mass is 10.1. The molecule has 1 aromatic heterocycles. The number of hydrogen-bond donors (Lipinski definition) is 2. The van der Waals surface area contributed by atoms with Gasteiger partial charge >= 0.3 is 0 Å². The van der Waals surface area contributed by atoms with E-state index in [9.17, 15) is 8.42 Å². The number of aromatic nitrogens is 1. The first-order valence-corrected chi connectivity index (χ1v) is 10.5. The Bertz CT molecular complexity index is 863. The van der Waals surface area contributed by atoms with E-state index in [0.29, 0.717) is 5.82 Å². The number of sulfonamides is 1. The highest BCUT2D eigenvalue weighted by atomic mass is 32.2. The van der Waals surface area contributed by atoms with E-state index >= 15 is 0 Å². The summed E-state index contributed by atoms with van der Waals surface area (Å²) in [4.78, 5) is 6.79. The van der Waals surface area contributed by atoms with Crippen LogP contribution in [0, 0.1) is 13.8 Å². The van der Waals surface area contributed by atoms with E-state index in [0.717, 1.165) is 56.2 Å². The molecule has 1 aromatic carbocycles.